The molecule has 0 aromatic heterocycles. The molecule has 20 heavy (non-hydrogen) atoms. The molecule has 0 amide bonds. The van der Waals surface area contributed by atoms with E-state index in [2.05, 4.69) is 6.92 Å². The van der Waals surface area contributed by atoms with Crippen molar-refractivity contribution in [2.75, 3.05) is 19.6 Å². The maximum Gasteiger partial charge on any atom is 0.243 e. The van der Waals surface area contributed by atoms with Crippen LogP contribution in [0, 0.1) is 0 Å². The van der Waals surface area contributed by atoms with Crippen LogP contribution >= 0.6 is 0 Å². The molecule has 2 rings (SSSR count). The van der Waals surface area contributed by atoms with Crippen molar-refractivity contribution in [3.63, 3.8) is 0 Å². The Balaban J connectivity index is 2.27. The van der Waals surface area contributed by atoms with Crippen molar-refractivity contribution >= 4 is 10.0 Å². The lowest BCUT2D eigenvalue weighted by Gasteiger charge is -2.21. The highest BCUT2D eigenvalue weighted by Crippen LogP contribution is 2.26. The van der Waals surface area contributed by atoms with Gasteiger partial charge in [0.05, 0.1) is 4.90 Å². The highest BCUT2D eigenvalue weighted by Gasteiger charge is 2.24. The minimum absolute atomic E-state index is 0.355. The van der Waals surface area contributed by atoms with Gasteiger partial charge in [0, 0.05) is 19.6 Å². The zero-order valence-corrected chi connectivity index (χ0v) is 13.0. The second kappa shape index (κ2) is 6.70. The van der Waals surface area contributed by atoms with Crippen molar-refractivity contribution in [1.29, 1.82) is 0 Å². The van der Waals surface area contributed by atoms with Gasteiger partial charge < -0.3 is 5.73 Å². The fourth-order valence-electron chi connectivity index (χ4n) is 2.69. The second-order valence-corrected chi connectivity index (χ2v) is 7.27. The number of nitrogens with zero attached hydrogens (tertiary/aromatic N) is 1. The molecule has 0 saturated carbocycles. The molecule has 112 valence electrons. The molecule has 0 radical (unpaired) electrons. The summed E-state index contributed by atoms with van der Waals surface area (Å²) < 4.78 is 26.9. The first-order chi connectivity index (χ1) is 9.59. The predicted octanol–water partition coefficient (Wildman–Crippen LogP) is 1.92. The van der Waals surface area contributed by atoms with E-state index in [-0.39, 0.29) is 0 Å². The van der Waals surface area contributed by atoms with Crippen LogP contribution in [0.4, 0.5) is 0 Å². The van der Waals surface area contributed by atoms with Gasteiger partial charge in [-0.3, -0.25) is 0 Å². The Labute approximate surface area is 122 Å². The van der Waals surface area contributed by atoms with Crippen LogP contribution in [0.2, 0.25) is 0 Å². The molecule has 4 nitrogen and oxygen atoms in total. The van der Waals surface area contributed by atoms with Gasteiger partial charge in [-0.25, -0.2) is 8.42 Å². The highest BCUT2D eigenvalue weighted by atomic mass is 32.2. The fourth-order valence-corrected chi connectivity index (χ4v) is 4.23. The van der Waals surface area contributed by atoms with E-state index >= 15 is 0 Å². The first kappa shape index (κ1) is 15.5. The number of fused-ring (bicyclic) bond motifs is 1. The van der Waals surface area contributed by atoms with Crippen molar-refractivity contribution in [2.24, 2.45) is 5.73 Å². The molecule has 0 saturated heterocycles. The first-order valence-electron chi connectivity index (χ1n) is 7.41. The molecule has 5 heteroatoms. The van der Waals surface area contributed by atoms with Crippen LogP contribution in [0.3, 0.4) is 0 Å². The molecule has 0 atom stereocenters. The van der Waals surface area contributed by atoms with E-state index in [1.165, 1.54) is 15.4 Å². The molecule has 1 aromatic rings. The molecule has 1 aromatic carbocycles. The van der Waals surface area contributed by atoms with E-state index in [9.17, 15) is 8.42 Å². The van der Waals surface area contributed by atoms with Gasteiger partial charge in [-0.05, 0) is 48.9 Å². The van der Waals surface area contributed by atoms with Gasteiger partial charge in [-0.15, -0.1) is 0 Å². The van der Waals surface area contributed by atoms with Gasteiger partial charge >= 0.3 is 0 Å². The van der Waals surface area contributed by atoms with E-state index < -0.39 is 10.0 Å². The third-order valence-electron chi connectivity index (χ3n) is 3.85. The zero-order valence-electron chi connectivity index (χ0n) is 12.1. The van der Waals surface area contributed by atoms with Gasteiger partial charge in [0.2, 0.25) is 10.0 Å². The Morgan fingerprint density at radius 1 is 1.20 bits per heavy atom. The summed E-state index contributed by atoms with van der Waals surface area (Å²) in [6.07, 6.45) is 5.02. The summed E-state index contributed by atoms with van der Waals surface area (Å²) in [7, 11) is -3.40. The third-order valence-corrected chi connectivity index (χ3v) is 5.74. The lowest BCUT2D eigenvalue weighted by Crippen LogP contribution is -2.36. The molecule has 0 fully saturated rings. The summed E-state index contributed by atoms with van der Waals surface area (Å²) >= 11 is 0. The Morgan fingerprint density at radius 2 is 1.95 bits per heavy atom. The number of unbranched alkanes of at least 4 members (excludes halogenated alkanes) is 1. The number of sulfonamides is 1. The van der Waals surface area contributed by atoms with Crippen LogP contribution in [-0.2, 0) is 22.9 Å². The Morgan fingerprint density at radius 3 is 2.65 bits per heavy atom. The molecule has 0 heterocycles. The Hall–Kier alpha value is -0.910. The van der Waals surface area contributed by atoms with Crippen molar-refractivity contribution in [2.45, 2.75) is 43.9 Å². The minimum atomic E-state index is -3.40. The van der Waals surface area contributed by atoms with Crippen molar-refractivity contribution in [3.8, 4) is 0 Å². The summed E-state index contributed by atoms with van der Waals surface area (Å²) in [5.41, 5.74) is 8.04. The minimum Gasteiger partial charge on any atom is -0.329 e. The number of nitrogens with two attached hydrogens (primary N) is 1. The van der Waals surface area contributed by atoms with E-state index in [0.29, 0.717) is 24.5 Å². The maximum atomic E-state index is 12.7. The predicted molar refractivity (Wildman–Crippen MR) is 81.2 cm³/mol. The number of aryl methyl sites for hydroxylation is 2. The normalized spacial score (nSPS) is 14.8. The first-order valence-corrected chi connectivity index (χ1v) is 8.85. The quantitative estimate of drug-likeness (QED) is 0.836. The molecule has 1 aliphatic rings. The topological polar surface area (TPSA) is 63.4 Å². The van der Waals surface area contributed by atoms with Gasteiger partial charge in [0.25, 0.3) is 0 Å². The SMILES string of the molecule is CCCCN(CCN)S(=O)(=O)c1ccc2c(c1)CCC2. The van der Waals surface area contributed by atoms with Gasteiger partial charge in [-0.1, -0.05) is 19.4 Å². The third kappa shape index (κ3) is 3.22. The van der Waals surface area contributed by atoms with Crippen LogP contribution in [0.1, 0.15) is 37.3 Å². The molecule has 0 unspecified atom stereocenters. The van der Waals surface area contributed by atoms with Gasteiger partial charge in [-0.2, -0.15) is 4.31 Å². The molecular formula is C15H24N2O2S. The van der Waals surface area contributed by atoms with Crippen LogP contribution in [0.15, 0.2) is 23.1 Å². The number of benzene rings is 1. The largest absolute Gasteiger partial charge is 0.329 e. The van der Waals surface area contributed by atoms with Gasteiger partial charge in [0.1, 0.15) is 0 Å². The molecule has 1 aliphatic carbocycles. The number of hydrogen-bond donors (Lipinski definition) is 1. The Bertz CT molecular complexity index is 555. The van der Waals surface area contributed by atoms with Crippen molar-refractivity contribution in [3.05, 3.63) is 29.3 Å². The smallest absolute Gasteiger partial charge is 0.243 e. The Kier molecular flexibility index (Phi) is 5.18. The molecule has 2 N–H and O–H groups in total. The molecule has 0 aliphatic heterocycles. The van der Waals surface area contributed by atoms with Crippen molar-refractivity contribution in [1.82, 2.24) is 4.31 Å². The monoisotopic (exact) mass is 296 g/mol. The average Bonchev–Trinajstić information content (AvgIpc) is 2.90. The summed E-state index contributed by atoms with van der Waals surface area (Å²) in [6, 6.07) is 5.57. The molecule has 0 bridgehead atoms. The number of hydrogen-bond acceptors (Lipinski definition) is 3. The van der Waals surface area contributed by atoms with Crippen molar-refractivity contribution < 1.29 is 8.42 Å². The van der Waals surface area contributed by atoms with E-state index in [1.807, 2.05) is 12.1 Å². The summed E-state index contributed by atoms with van der Waals surface area (Å²) in [5.74, 6) is 0. The molecule has 0 spiro atoms. The summed E-state index contributed by atoms with van der Waals surface area (Å²) in [6.45, 7) is 3.35. The van der Waals surface area contributed by atoms with Crippen LogP contribution in [0.25, 0.3) is 0 Å². The van der Waals surface area contributed by atoms with Crippen LogP contribution < -0.4 is 5.73 Å². The van der Waals surface area contributed by atoms with Crippen LogP contribution in [-0.4, -0.2) is 32.4 Å². The second-order valence-electron chi connectivity index (χ2n) is 5.33. The standard InChI is InChI=1S/C15H24N2O2S/c1-2-3-10-17(11-9-16)20(18,19)15-8-7-13-5-4-6-14(13)12-15/h7-8,12H,2-6,9-11,16H2,1H3. The van der Waals surface area contributed by atoms with Crippen LogP contribution in [0.5, 0.6) is 0 Å². The summed E-state index contributed by atoms with van der Waals surface area (Å²) in [4.78, 5) is 0.419. The zero-order chi connectivity index (χ0) is 14.6. The molecular weight excluding hydrogens is 272 g/mol. The highest BCUT2D eigenvalue weighted by molar-refractivity contribution is 7.89. The van der Waals surface area contributed by atoms with E-state index in [4.69, 9.17) is 5.73 Å². The average molecular weight is 296 g/mol. The fraction of sp³-hybridized carbons (Fsp3) is 0.600. The number of rotatable bonds is 7. The van der Waals surface area contributed by atoms with Gasteiger partial charge in [0.15, 0.2) is 0 Å². The lowest BCUT2D eigenvalue weighted by molar-refractivity contribution is 0.410. The summed E-state index contributed by atoms with van der Waals surface area (Å²) in [5, 5.41) is 0. The maximum absolute atomic E-state index is 12.7. The van der Waals surface area contributed by atoms with E-state index in [1.54, 1.807) is 6.07 Å². The van der Waals surface area contributed by atoms with E-state index in [0.717, 1.165) is 32.1 Å². The lowest BCUT2D eigenvalue weighted by atomic mass is 10.1.